The van der Waals surface area contributed by atoms with Gasteiger partial charge in [-0.2, -0.15) is 0 Å². The van der Waals surface area contributed by atoms with Gasteiger partial charge in [0.05, 0.1) is 6.61 Å². The first-order valence-corrected chi connectivity index (χ1v) is 9.12. The molecule has 2 nitrogen and oxygen atoms in total. The van der Waals surface area contributed by atoms with Gasteiger partial charge in [0.2, 0.25) is 0 Å². The SMILES string of the molecule is CCCOc1ccc(Br)cc1CNCC1CCCCC1C. The van der Waals surface area contributed by atoms with E-state index in [1.165, 1.54) is 31.2 Å². The summed E-state index contributed by atoms with van der Waals surface area (Å²) in [5.41, 5.74) is 1.25. The molecular weight excluding hydrogens is 326 g/mol. The molecule has 1 fully saturated rings. The third-order valence-electron chi connectivity index (χ3n) is 4.50. The highest BCUT2D eigenvalue weighted by Crippen LogP contribution is 2.29. The van der Waals surface area contributed by atoms with Crippen LogP contribution in [0.25, 0.3) is 0 Å². The van der Waals surface area contributed by atoms with Gasteiger partial charge in [0, 0.05) is 16.6 Å². The van der Waals surface area contributed by atoms with E-state index in [9.17, 15) is 0 Å². The van der Waals surface area contributed by atoms with Crippen molar-refractivity contribution in [3.05, 3.63) is 28.2 Å². The molecule has 0 aliphatic heterocycles. The predicted octanol–water partition coefficient (Wildman–Crippen LogP) is 5.15. The summed E-state index contributed by atoms with van der Waals surface area (Å²) in [7, 11) is 0. The smallest absolute Gasteiger partial charge is 0.123 e. The third-order valence-corrected chi connectivity index (χ3v) is 4.99. The van der Waals surface area contributed by atoms with E-state index < -0.39 is 0 Å². The molecule has 2 atom stereocenters. The Morgan fingerprint density at radius 1 is 1.29 bits per heavy atom. The van der Waals surface area contributed by atoms with Gasteiger partial charge >= 0.3 is 0 Å². The molecule has 21 heavy (non-hydrogen) atoms. The monoisotopic (exact) mass is 353 g/mol. The molecule has 0 heterocycles. The highest BCUT2D eigenvalue weighted by Gasteiger charge is 2.20. The molecule has 0 saturated heterocycles. The minimum atomic E-state index is 0.786. The minimum Gasteiger partial charge on any atom is -0.493 e. The van der Waals surface area contributed by atoms with Crippen molar-refractivity contribution in [3.63, 3.8) is 0 Å². The normalized spacial score (nSPS) is 22.2. The molecule has 3 heteroatoms. The molecule has 2 rings (SSSR count). The molecule has 1 aromatic carbocycles. The van der Waals surface area contributed by atoms with E-state index in [2.05, 4.69) is 53.3 Å². The van der Waals surface area contributed by atoms with Crippen LogP contribution >= 0.6 is 15.9 Å². The number of hydrogen-bond donors (Lipinski definition) is 1. The van der Waals surface area contributed by atoms with Gasteiger partial charge < -0.3 is 10.1 Å². The summed E-state index contributed by atoms with van der Waals surface area (Å²) in [5, 5.41) is 3.65. The van der Waals surface area contributed by atoms with Crippen molar-refractivity contribution in [3.8, 4) is 5.75 Å². The maximum Gasteiger partial charge on any atom is 0.123 e. The number of halogens is 1. The standard InChI is InChI=1S/C18H28BrNO/c1-3-10-21-18-9-8-17(19)11-16(18)13-20-12-15-7-5-4-6-14(15)2/h8-9,11,14-15,20H,3-7,10,12-13H2,1-2H3. The molecule has 1 N–H and O–H groups in total. The Kier molecular flexibility index (Phi) is 7.05. The fraction of sp³-hybridized carbons (Fsp3) is 0.667. The first-order chi connectivity index (χ1) is 10.2. The summed E-state index contributed by atoms with van der Waals surface area (Å²) < 4.78 is 6.96. The summed E-state index contributed by atoms with van der Waals surface area (Å²) in [6, 6.07) is 6.29. The van der Waals surface area contributed by atoms with Gasteiger partial charge in [0.15, 0.2) is 0 Å². The fourth-order valence-electron chi connectivity index (χ4n) is 3.13. The lowest BCUT2D eigenvalue weighted by Crippen LogP contribution is -2.29. The minimum absolute atomic E-state index is 0.786. The third kappa shape index (κ3) is 5.30. The Morgan fingerprint density at radius 2 is 2.10 bits per heavy atom. The van der Waals surface area contributed by atoms with Crippen molar-refractivity contribution in [2.45, 2.75) is 52.5 Å². The van der Waals surface area contributed by atoms with E-state index in [1.807, 2.05) is 0 Å². The summed E-state index contributed by atoms with van der Waals surface area (Å²) in [6.07, 6.45) is 6.64. The first kappa shape index (κ1) is 16.8. The summed E-state index contributed by atoms with van der Waals surface area (Å²) >= 11 is 3.56. The maximum atomic E-state index is 5.84. The van der Waals surface area contributed by atoms with E-state index in [1.54, 1.807) is 0 Å². The van der Waals surface area contributed by atoms with Crippen LogP contribution in [0.4, 0.5) is 0 Å². The van der Waals surface area contributed by atoms with E-state index in [4.69, 9.17) is 4.74 Å². The maximum absolute atomic E-state index is 5.84. The van der Waals surface area contributed by atoms with E-state index >= 15 is 0 Å². The van der Waals surface area contributed by atoms with Crippen LogP contribution in [-0.2, 0) is 6.54 Å². The van der Waals surface area contributed by atoms with Gasteiger partial charge in [-0.15, -0.1) is 0 Å². The molecule has 1 aliphatic rings. The molecule has 0 amide bonds. The lowest BCUT2D eigenvalue weighted by atomic mass is 9.80. The average molecular weight is 354 g/mol. The zero-order valence-corrected chi connectivity index (χ0v) is 14.9. The zero-order chi connectivity index (χ0) is 15.1. The van der Waals surface area contributed by atoms with Crippen LogP contribution in [0.2, 0.25) is 0 Å². The summed E-state index contributed by atoms with van der Waals surface area (Å²) in [5.74, 6) is 2.72. The average Bonchev–Trinajstić information content (AvgIpc) is 2.48. The van der Waals surface area contributed by atoms with Crippen molar-refractivity contribution in [2.75, 3.05) is 13.2 Å². The predicted molar refractivity (Wildman–Crippen MR) is 92.8 cm³/mol. The second kappa shape index (κ2) is 8.79. The van der Waals surface area contributed by atoms with Gasteiger partial charge in [0.1, 0.15) is 5.75 Å². The van der Waals surface area contributed by atoms with Gasteiger partial charge in [-0.05, 0) is 49.4 Å². The molecule has 1 aliphatic carbocycles. The molecular formula is C18H28BrNO. The molecule has 0 bridgehead atoms. The van der Waals surface area contributed by atoms with Crippen LogP contribution in [0.3, 0.4) is 0 Å². The lowest BCUT2D eigenvalue weighted by Gasteiger charge is -2.29. The Labute approximate surface area is 137 Å². The van der Waals surface area contributed by atoms with Crippen LogP contribution in [0.1, 0.15) is 51.5 Å². The second-order valence-electron chi connectivity index (χ2n) is 6.25. The van der Waals surface area contributed by atoms with E-state index in [0.717, 1.165) is 48.2 Å². The molecule has 0 spiro atoms. The molecule has 118 valence electrons. The molecule has 2 unspecified atom stereocenters. The zero-order valence-electron chi connectivity index (χ0n) is 13.3. The Bertz CT molecular complexity index is 435. The Balaban J connectivity index is 1.87. The number of benzene rings is 1. The van der Waals surface area contributed by atoms with Gasteiger partial charge in [0.25, 0.3) is 0 Å². The van der Waals surface area contributed by atoms with Crippen molar-refractivity contribution < 1.29 is 4.74 Å². The van der Waals surface area contributed by atoms with Crippen molar-refractivity contribution in [2.24, 2.45) is 11.8 Å². The first-order valence-electron chi connectivity index (χ1n) is 8.32. The number of rotatable bonds is 7. The van der Waals surface area contributed by atoms with Gasteiger partial charge in [-0.1, -0.05) is 49.0 Å². The summed E-state index contributed by atoms with van der Waals surface area (Å²) in [4.78, 5) is 0. The van der Waals surface area contributed by atoms with Crippen LogP contribution in [0.15, 0.2) is 22.7 Å². The fourth-order valence-corrected chi connectivity index (χ4v) is 3.54. The topological polar surface area (TPSA) is 21.3 Å². The molecule has 1 aromatic rings. The van der Waals surface area contributed by atoms with Crippen molar-refractivity contribution in [1.82, 2.24) is 5.32 Å². The van der Waals surface area contributed by atoms with E-state index in [-0.39, 0.29) is 0 Å². The second-order valence-corrected chi connectivity index (χ2v) is 7.17. The van der Waals surface area contributed by atoms with Gasteiger partial charge in [-0.3, -0.25) is 0 Å². The Morgan fingerprint density at radius 3 is 2.86 bits per heavy atom. The largest absolute Gasteiger partial charge is 0.493 e. The number of nitrogens with one attached hydrogen (secondary N) is 1. The van der Waals surface area contributed by atoms with Crippen LogP contribution in [0, 0.1) is 11.8 Å². The van der Waals surface area contributed by atoms with Gasteiger partial charge in [-0.25, -0.2) is 0 Å². The van der Waals surface area contributed by atoms with E-state index in [0.29, 0.717) is 0 Å². The van der Waals surface area contributed by atoms with Crippen molar-refractivity contribution >= 4 is 15.9 Å². The highest BCUT2D eigenvalue weighted by molar-refractivity contribution is 9.10. The van der Waals surface area contributed by atoms with Crippen molar-refractivity contribution in [1.29, 1.82) is 0 Å². The molecule has 0 radical (unpaired) electrons. The number of hydrogen-bond acceptors (Lipinski definition) is 2. The molecule has 1 saturated carbocycles. The van der Waals surface area contributed by atoms with Crippen LogP contribution in [0.5, 0.6) is 5.75 Å². The lowest BCUT2D eigenvalue weighted by molar-refractivity contribution is 0.247. The molecule has 0 aromatic heterocycles. The quantitative estimate of drug-likeness (QED) is 0.731. The number of ether oxygens (including phenoxy) is 1. The van der Waals surface area contributed by atoms with Crippen LogP contribution < -0.4 is 10.1 Å². The summed E-state index contributed by atoms with van der Waals surface area (Å²) in [6.45, 7) is 7.35. The Hall–Kier alpha value is -0.540. The van der Waals surface area contributed by atoms with Crippen LogP contribution in [-0.4, -0.2) is 13.2 Å². The highest BCUT2D eigenvalue weighted by atomic mass is 79.9.